The smallest absolute Gasteiger partial charge is 0.196 e. The van der Waals surface area contributed by atoms with Gasteiger partial charge >= 0.3 is 0 Å². The molecule has 1 aliphatic heterocycles. The Hall–Kier alpha value is -1.03. The third-order valence-electron chi connectivity index (χ3n) is 9.10. The highest BCUT2D eigenvalue weighted by Crippen LogP contribution is 2.70. The maximum Gasteiger partial charge on any atom is 0.196 e. The summed E-state index contributed by atoms with van der Waals surface area (Å²) < 4.78 is 0. The van der Waals surface area contributed by atoms with E-state index in [-0.39, 0.29) is 17.0 Å². The Morgan fingerprint density at radius 3 is 2.25 bits per heavy atom. The fourth-order valence-electron chi connectivity index (χ4n) is 8.68. The Kier molecular flexibility index (Phi) is 4.57. The molecule has 4 heteroatoms. The molecule has 5 aliphatic carbocycles. The number of aliphatic imine (C=N–C) groups is 1. The number of benzene rings is 1. The van der Waals surface area contributed by atoms with Crippen molar-refractivity contribution in [3.63, 3.8) is 0 Å². The maximum absolute atomic E-state index is 6.45. The van der Waals surface area contributed by atoms with Gasteiger partial charge < -0.3 is 10.6 Å². The van der Waals surface area contributed by atoms with Gasteiger partial charge in [0.05, 0.1) is 12.6 Å². The number of halogens is 1. The highest BCUT2D eigenvalue weighted by Gasteiger charge is 2.63. The van der Waals surface area contributed by atoms with E-state index in [0.29, 0.717) is 16.9 Å². The summed E-state index contributed by atoms with van der Waals surface area (Å²) in [6.45, 7) is 0.904. The van der Waals surface area contributed by atoms with Crippen LogP contribution in [0.25, 0.3) is 0 Å². The van der Waals surface area contributed by atoms with Gasteiger partial charge in [0.1, 0.15) is 0 Å². The van der Waals surface area contributed by atoms with Crippen LogP contribution >= 0.6 is 17.0 Å². The quantitative estimate of drug-likeness (QED) is 0.665. The van der Waals surface area contributed by atoms with Crippen molar-refractivity contribution in [1.82, 2.24) is 0 Å². The molecule has 0 radical (unpaired) electrons. The molecular formula is C24H34BrN3. The Labute approximate surface area is 179 Å². The number of nitrogens with zero attached hydrogens (tertiary/aromatic N) is 2. The summed E-state index contributed by atoms with van der Waals surface area (Å²) in [7, 11) is 0. The van der Waals surface area contributed by atoms with Crippen molar-refractivity contribution in [3.8, 4) is 0 Å². The van der Waals surface area contributed by atoms with Crippen molar-refractivity contribution < 1.29 is 0 Å². The Morgan fingerprint density at radius 1 is 0.929 bits per heavy atom. The zero-order valence-electron chi connectivity index (χ0n) is 16.9. The lowest BCUT2D eigenvalue weighted by molar-refractivity contribution is -0.142. The van der Waals surface area contributed by atoms with E-state index in [1.807, 2.05) is 0 Å². The molecule has 6 aliphatic rings. The topological polar surface area (TPSA) is 41.6 Å². The van der Waals surface area contributed by atoms with Crippen molar-refractivity contribution >= 4 is 28.6 Å². The van der Waals surface area contributed by atoms with Gasteiger partial charge in [0.2, 0.25) is 0 Å². The number of rotatable bonds is 3. The first kappa shape index (κ1) is 19.0. The molecule has 28 heavy (non-hydrogen) atoms. The predicted octanol–water partition coefficient (Wildman–Crippen LogP) is 5.54. The van der Waals surface area contributed by atoms with Crippen LogP contribution < -0.4 is 10.6 Å². The summed E-state index contributed by atoms with van der Waals surface area (Å²) in [5.41, 5.74) is 8.78. The summed E-state index contributed by atoms with van der Waals surface area (Å²) in [6.07, 6.45) is 14.8. The third-order valence-corrected chi connectivity index (χ3v) is 9.10. The van der Waals surface area contributed by atoms with Crippen molar-refractivity contribution in [1.29, 1.82) is 0 Å². The van der Waals surface area contributed by atoms with E-state index in [4.69, 9.17) is 10.7 Å². The van der Waals surface area contributed by atoms with Gasteiger partial charge in [-0.05, 0) is 92.1 Å². The lowest BCUT2D eigenvalue weighted by Crippen LogP contribution is -2.62. The van der Waals surface area contributed by atoms with E-state index in [1.165, 1.54) is 69.9 Å². The van der Waals surface area contributed by atoms with Gasteiger partial charge in [-0.15, -0.1) is 17.0 Å². The molecule has 1 heterocycles. The molecule has 0 saturated heterocycles. The first-order valence-corrected chi connectivity index (χ1v) is 11.3. The number of hydrogen-bond acceptors (Lipinski definition) is 3. The molecule has 5 saturated carbocycles. The second kappa shape index (κ2) is 6.75. The molecule has 152 valence electrons. The van der Waals surface area contributed by atoms with Gasteiger partial charge in [0.15, 0.2) is 5.96 Å². The average Bonchev–Trinajstić information content (AvgIpc) is 3.32. The maximum atomic E-state index is 6.45. The summed E-state index contributed by atoms with van der Waals surface area (Å²) in [5, 5.41) is 0. The second-order valence-corrected chi connectivity index (χ2v) is 10.6. The number of anilines is 1. The van der Waals surface area contributed by atoms with E-state index in [1.54, 1.807) is 0 Å². The first-order valence-electron chi connectivity index (χ1n) is 11.3. The van der Waals surface area contributed by atoms with Gasteiger partial charge in [0, 0.05) is 5.69 Å². The monoisotopic (exact) mass is 443 g/mol. The van der Waals surface area contributed by atoms with Gasteiger partial charge in [0.25, 0.3) is 0 Å². The predicted molar refractivity (Wildman–Crippen MR) is 121 cm³/mol. The molecule has 5 fully saturated rings. The van der Waals surface area contributed by atoms with Crippen molar-refractivity contribution in [2.24, 2.45) is 39.3 Å². The van der Waals surface area contributed by atoms with Crippen LogP contribution in [0.3, 0.4) is 0 Å². The van der Waals surface area contributed by atoms with Crippen molar-refractivity contribution in [2.75, 3.05) is 11.4 Å². The third kappa shape index (κ3) is 2.69. The lowest BCUT2D eigenvalue weighted by atomic mass is 9.40. The van der Waals surface area contributed by atoms with Crippen LogP contribution in [-0.2, 0) is 0 Å². The molecule has 1 aromatic rings. The molecule has 7 rings (SSSR count). The SMILES string of the molecule is Br.NC1=NCC(C23CC4CC(CC(C5CCCC5)(C4)C2)C3)N1c1ccccc1. The minimum atomic E-state index is 0. The Morgan fingerprint density at radius 2 is 1.57 bits per heavy atom. The summed E-state index contributed by atoms with van der Waals surface area (Å²) in [5.74, 6) is 3.68. The summed E-state index contributed by atoms with van der Waals surface area (Å²) >= 11 is 0. The standard InChI is InChI=1S/C24H33N3.BrH/c25-22-26-15-21(27(22)20-8-2-1-3-9-20)24-13-17-10-18(14-24)12-23(11-17,16-24)19-6-4-5-7-19;/h1-3,8-9,17-19,21H,4-7,10-16H2,(H2,25,26);1H. The van der Waals surface area contributed by atoms with Crippen LogP contribution in [0, 0.1) is 28.6 Å². The highest BCUT2D eigenvalue weighted by molar-refractivity contribution is 8.93. The zero-order valence-corrected chi connectivity index (χ0v) is 18.6. The van der Waals surface area contributed by atoms with Gasteiger partial charge in [-0.2, -0.15) is 0 Å². The van der Waals surface area contributed by atoms with E-state index in [2.05, 4.69) is 35.2 Å². The molecule has 2 N–H and O–H groups in total. The zero-order chi connectivity index (χ0) is 18.1. The minimum Gasteiger partial charge on any atom is -0.370 e. The molecule has 0 aromatic heterocycles. The number of hydrogen-bond donors (Lipinski definition) is 1. The van der Waals surface area contributed by atoms with Gasteiger partial charge in [-0.25, -0.2) is 0 Å². The van der Waals surface area contributed by atoms with E-state index in [0.717, 1.165) is 30.3 Å². The fourth-order valence-corrected chi connectivity index (χ4v) is 8.68. The van der Waals surface area contributed by atoms with Gasteiger partial charge in [-0.3, -0.25) is 4.99 Å². The molecular weight excluding hydrogens is 410 g/mol. The molecule has 3 unspecified atom stereocenters. The number of nitrogens with two attached hydrogens (primary N) is 1. The largest absolute Gasteiger partial charge is 0.370 e. The highest BCUT2D eigenvalue weighted by atomic mass is 79.9. The average molecular weight is 444 g/mol. The Balaban J connectivity index is 0.00000171. The van der Waals surface area contributed by atoms with Crippen LogP contribution in [0.2, 0.25) is 0 Å². The lowest BCUT2D eigenvalue weighted by Gasteiger charge is -2.66. The van der Waals surface area contributed by atoms with Crippen LogP contribution in [0.1, 0.15) is 64.2 Å². The van der Waals surface area contributed by atoms with Crippen LogP contribution in [0.4, 0.5) is 5.69 Å². The van der Waals surface area contributed by atoms with Crippen LogP contribution in [-0.4, -0.2) is 18.5 Å². The van der Waals surface area contributed by atoms with E-state index in [9.17, 15) is 0 Å². The van der Waals surface area contributed by atoms with Gasteiger partial charge in [-0.1, -0.05) is 31.0 Å². The molecule has 3 nitrogen and oxygen atoms in total. The fraction of sp³-hybridized carbons (Fsp3) is 0.708. The number of para-hydroxylation sites is 1. The molecule has 4 bridgehead atoms. The molecule has 0 spiro atoms. The first-order chi connectivity index (χ1) is 13.2. The number of guanidine groups is 1. The summed E-state index contributed by atoms with van der Waals surface area (Å²) in [4.78, 5) is 7.19. The molecule has 1 aromatic carbocycles. The van der Waals surface area contributed by atoms with E-state index >= 15 is 0 Å². The minimum absolute atomic E-state index is 0. The van der Waals surface area contributed by atoms with Crippen LogP contribution in [0.15, 0.2) is 35.3 Å². The van der Waals surface area contributed by atoms with Crippen LogP contribution in [0.5, 0.6) is 0 Å². The van der Waals surface area contributed by atoms with E-state index < -0.39 is 0 Å². The molecule has 3 atom stereocenters. The van der Waals surface area contributed by atoms with Crippen molar-refractivity contribution in [3.05, 3.63) is 30.3 Å². The Bertz CT molecular complexity index is 740. The second-order valence-electron chi connectivity index (χ2n) is 10.6. The summed E-state index contributed by atoms with van der Waals surface area (Å²) in [6, 6.07) is 11.3. The normalized spacial score (nSPS) is 41.9. The molecule has 0 amide bonds. The van der Waals surface area contributed by atoms with Crippen molar-refractivity contribution in [2.45, 2.75) is 70.3 Å².